The average Bonchev–Trinajstić information content (AvgIpc) is 3.32. The van der Waals surface area contributed by atoms with E-state index in [1.165, 1.54) is 14.0 Å². The number of ether oxygens (including phenoxy) is 6. The number of amides is 1. The van der Waals surface area contributed by atoms with Crippen molar-refractivity contribution in [2.75, 3.05) is 41.4 Å². The number of rotatable bonds is 10. The summed E-state index contributed by atoms with van der Waals surface area (Å²) in [6.45, 7) is 15.0. The molecule has 13 heteroatoms. The zero-order chi connectivity index (χ0) is 37.0. The molecule has 3 heterocycles. The number of hydrogen-bond acceptors (Lipinski definition) is 12. The minimum Gasteiger partial charge on any atom is -0.458 e. The van der Waals surface area contributed by atoms with E-state index in [9.17, 15) is 19.2 Å². The topological polar surface area (TPSA) is 156 Å². The summed E-state index contributed by atoms with van der Waals surface area (Å²) in [6.07, 6.45) is -1.44. The van der Waals surface area contributed by atoms with E-state index < -0.39 is 83.4 Å². The lowest BCUT2D eigenvalue weighted by atomic mass is 9.73. The number of carbonyl (C=O) groups excluding carboxylic acids is 4. The summed E-state index contributed by atoms with van der Waals surface area (Å²) in [5, 5.41) is 0. The lowest BCUT2D eigenvalue weighted by molar-refractivity contribution is -0.299. The fourth-order valence-corrected chi connectivity index (χ4v) is 8.38. The van der Waals surface area contributed by atoms with Crippen molar-refractivity contribution in [3.05, 3.63) is 0 Å². The van der Waals surface area contributed by atoms with Crippen LogP contribution in [-0.4, -0.2) is 129 Å². The number of cyclic esters (lactones) is 1. The molecule has 13 atom stereocenters. The van der Waals surface area contributed by atoms with Crippen molar-refractivity contribution in [2.45, 2.75) is 141 Å². The molecule has 2 unspecified atom stereocenters. The summed E-state index contributed by atoms with van der Waals surface area (Å²) in [4.78, 5) is 59.6. The summed E-state index contributed by atoms with van der Waals surface area (Å²) in [5.74, 6) is -4.59. The Balaban J connectivity index is 2.14. The van der Waals surface area contributed by atoms with Crippen LogP contribution in [-0.2, 0) is 42.8 Å². The maximum atomic E-state index is 14.5. The van der Waals surface area contributed by atoms with Crippen LogP contribution in [0, 0.1) is 23.7 Å². The van der Waals surface area contributed by atoms with E-state index in [0.29, 0.717) is 38.8 Å². The highest BCUT2D eigenvalue weighted by Crippen LogP contribution is 2.43. The van der Waals surface area contributed by atoms with Crippen LogP contribution in [0.5, 0.6) is 0 Å². The highest BCUT2D eigenvalue weighted by molar-refractivity contribution is 6.00. The number of Topliss-reactive ketones (excluding diaryl/α,β-unsaturated/α-hetero) is 2. The molecule has 0 saturated carbocycles. The number of hydrogen-bond donors (Lipinski definition) is 1. The molecule has 3 saturated heterocycles. The van der Waals surface area contributed by atoms with Crippen molar-refractivity contribution < 1.29 is 47.6 Å². The molecule has 0 aromatic heterocycles. The van der Waals surface area contributed by atoms with E-state index in [2.05, 4.69) is 4.90 Å². The Morgan fingerprint density at radius 1 is 0.980 bits per heavy atom. The summed E-state index contributed by atoms with van der Waals surface area (Å²) in [6, 6.07) is -0.765. The Kier molecular flexibility index (Phi) is 14.2. The van der Waals surface area contributed by atoms with Crippen LogP contribution in [0.4, 0.5) is 4.79 Å². The molecule has 282 valence electrons. The number of esters is 1. The van der Waals surface area contributed by atoms with Gasteiger partial charge < -0.3 is 44.0 Å². The van der Waals surface area contributed by atoms with Crippen LogP contribution in [0.2, 0.25) is 0 Å². The third-order valence-electron chi connectivity index (χ3n) is 11.3. The summed E-state index contributed by atoms with van der Waals surface area (Å²) >= 11 is 0. The molecule has 13 nitrogen and oxygen atoms in total. The van der Waals surface area contributed by atoms with Crippen molar-refractivity contribution >= 4 is 23.6 Å². The highest BCUT2D eigenvalue weighted by Gasteiger charge is 2.60. The van der Waals surface area contributed by atoms with Gasteiger partial charge in [-0.05, 0) is 80.4 Å². The fraction of sp³-hybridized carbons (Fsp3) is 0.889. The quantitative estimate of drug-likeness (QED) is 0.202. The van der Waals surface area contributed by atoms with Crippen LogP contribution in [0.1, 0.15) is 87.5 Å². The van der Waals surface area contributed by atoms with Gasteiger partial charge in [0, 0.05) is 44.6 Å². The predicted molar refractivity (Wildman–Crippen MR) is 183 cm³/mol. The number of unbranched alkanes of at least 4 members (excludes halogenated alkanes) is 1. The number of fused-ring (bicyclic) bond motifs is 1. The van der Waals surface area contributed by atoms with E-state index in [-0.39, 0.29) is 24.3 Å². The highest BCUT2D eigenvalue weighted by atomic mass is 16.7. The number of nitrogens with two attached hydrogens (primary N) is 1. The Morgan fingerprint density at radius 2 is 1.63 bits per heavy atom. The molecule has 49 heavy (non-hydrogen) atoms. The summed E-state index contributed by atoms with van der Waals surface area (Å²) in [5.41, 5.74) is 3.21. The summed E-state index contributed by atoms with van der Waals surface area (Å²) in [7, 11) is 7.07. The molecule has 2 N–H and O–H groups in total. The zero-order valence-corrected chi connectivity index (χ0v) is 31.9. The smallest absolute Gasteiger partial charge is 0.410 e. The molecule has 0 radical (unpaired) electrons. The predicted octanol–water partition coefficient (Wildman–Crippen LogP) is 3.58. The molecule has 3 aliphatic heterocycles. The second kappa shape index (κ2) is 16.9. The minimum atomic E-state index is -1.35. The van der Waals surface area contributed by atoms with Crippen LogP contribution in [0.15, 0.2) is 0 Å². The van der Waals surface area contributed by atoms with Crippen LogP contribution >= 0.6 is 0 Å². The van der Waals surface area contributed by atoms with E-state index in [1.807, 2.05) is 41.8 Å². The van der Waals surface area contributed by atoms with Gasteiger partial charge in [0.2, 0.25) is 0 Å². The average molecular weight is 698 g/mol. The first-order valence-corrected chi connectivity index (χ1v) is 17.9. The number of carbonyl (C=O) groups is 4. The van der Waals surface area contributed by atoms with Crippen LogP contribution in [0.3, 0.4) is 0 Å². The van der Waals surface area contributed by atoms with E-state index >= 15 is 0 Å². The Hall–Kier alpha value is -2.16. The van der Waals surface area contributed by atoms with Crippen LogP contribution < -0.4 is 5.73 Å². The second-order valence-electron chi connectivity index (χ2n) is 15.1. The van der Waals surface area contributed by atoms with E-state index in [4.69, 9.17) is 34.2 Å². The van der Waals surface area contributed by atoms with Gasteiger partial charge in [-0.15, -0.1) is 0 Å². The first-order chi connectivity index (χ1) is 22.9. The number of ketones is 2. The van der Waals surface area contributed by atoms with Gasteiger partial charge in [-0.3, -0.25) is 14.4 Å². The molecule has 0 aliphatic carbocycles. The normalized spacial score (nSPS) is 41.3. The van der Waals surface area contributed by atoms with Gasteiger partial charge >= 0.3 is 12.1 Å². The van der Waals surface area contributed by atoms with E-state index in [0.717, 1.165) is 0 Å². The van der Waals surface area contributed by atoms with Gasteiger partial charge in [0.05, 0.1) is 23.9 Å². The standard InChI is InChI=1S/C36H63N3O10/c1-13-26-36(8)30(39(34(43)49-36)17-15-14-16-37)22(4)27(40)20(2)19-35(7,45-12)31(23(5)28(41)24(6)32(42)47-26)48-33-29(44-11)25(38(9)10)18-21(3)46-33/h20-26,29-31,33H,13-19,37H2,1-12H3/t20-,21-,22+,23+,24-,25?,26-,29?,30-,31-,33+,35-,36-/m1/s1. The SMILES string of the molecule is CC[C@H]1OC(=O)[C@H](C)C(=O)[C@H](C)[C@@H](O[C@@H]2O[C@H](C)CC(N(C)C)C2OC)[C@](C)(OC)C[C@@H](C)C(=O)[C@H](C)[C@H]2N(CCCCN)C(=O)O[C@]12C. The molecule has 3 aliphatic rings. The second-order valence-corrected chi connectivity index (χ2v) is 15.1. The van der Waals surface area contributed by atoms with Gasteiger partial charge in [0.25, 0.3) is 0 Å². The van der Waals surface area contributed by atoms with Crippen molar-refractivity contribution in [3.63, 3.8) is 0 Å². The zero-order valence-electron chi connectivity index (χ0n) is 31.9. The minimum absolute atomic E-state index is 0.0308. The maximum absolute atomic E-state index is 14.5. The van der Waals surface area contributed by atoms with Crippen molar-refractivity contribution in [1.29, 1.82) is 0 Å². The Labute approximate surface area is 293 Å². The molecule has 3 fully saturated rings. The van der Waals surface area contributed by atoms with Crippen molar-refractivity contribution in [1.82, 2.24) is 9.80 Å². The Bertz CT molecular complexity index is 1170. The first-order valence-electron chi connectivity index (χ1n) is 17.9. The van der Waals surface area contributed by atoms with Gasteiger partial charge in [0.1, 0.15) is 23.9 Å². The van der Waals surface area contributed by atoms with Gasteiger partial charge in [-0.2, -0.15) is 0 Å². The molecule has 0 bridgehead atoms. The number of methoxy groups -OCH3 is 2. The molecular formula is C36H63N3O10. The Morgan fingerprint density at radius 3 is 2.18 bits per heavy atom. The van der Waals surface area contributed by atoms with Crippen LogP contribution in [0.25, 0.3) is 0 Å². The van der Waals surface area contributed by atoms with Gasteiger partial charge in [-0.1, -0.05) is 27.7 Å². The lowest BCUT2D eigenvalue weighted by Gasteiger charge is -2.48. The first kappa shape index (κ1) is 41.3. The van der Waals surface area contributed by atoms with Gasteiger partial charge in [-0.25, -0.2) is 4.79 Å². The number of nitrogens with zero attached hydrogens (tertiary/aromatic N) is 2. The largest absolute Gasteiger partial charge is 0.458 e. The van der Waals surface area contributed by atoms with Crippen molar-refractivity contribution in [3.8, 4) is 0 Å². The molecule has 0 aromatic rings. The third kappa shape index (κ3) is 8.49. The third-order valence-corrected chi connectivity index (χ3v) is 11.3. The number of likely N-dealkylation sites (N-methyl/N-ethyl adjacent to an activating group) is 1. The van der Waals surface area contributed by atoms with E-state index in [1.54, 1.807) is 32.8 Å². The fourth-order valence-electron chi connectivity index (χ4n) is 8.38. The maximum Gasteiger partial charge on any atom is 0.410 e. The molecule has 3 rings (SSSR count). The summed E-state index contributed by atoms with van der Waals surface area (Å²) < 4.78 is 37.3. The van der Waals surface area contributed by atoms with Gasteiger partial charge in [0.15, 0.2) is 17.7 Å². The molecular weight excluding hydrogens is 634 g/mol. The molecule has 0 spiro atoms. The molecule has 0 aromatic carbocycles. The lowest BCUT2D eigenvalue weighted by Crippen LogP contribution is -2.60. The van der Waals surface area contributed by atoms with Crippen molar-refractivity contribution in [2.24, 2.45) is 29.4 Å². The monoisotopic (exact) mass is 697 g/mol. The molecule has 1 amide bonds.